The molecule has 1 aromatic carbocycles. The molecular formula is C20H32N2O5. The number of carboxylic acids is 1. The van der Waals surface area contributed by atoms with Gasteiger partial charge < -0.3 is 21.3 Å². The predicted molar refractivity (Wildman–Crippen MR) is 104 cm³/mol. The standard InChI is InChI=1S/C13H24N2O3.C6H6.CH2O2/c1-4-9-5-6-13(14,10(9)7-11(16)17)12(18)15-8(2)3;1-2-4-6-5-3-1;2-1-3/h8-10H,4-7,14H2,1-3H3,(H,15,18)(H,16,17);1-6H;1H,(H,2,3). The molecule has 0 heterocycles. The summed E-state index contributed by atoms with van der Waals surface area (Å²) >= 11 is 0. The lowest BCUT2D eigenvalue weighted by atomic mass is 9.79. The van der Waals surface area contributed by atoms with Crippen molar-refractivity contribution in [1.82, 2.24) is 5.32 Å². The van der Waals surface area contributed by atoms with Crippen molar-refractivity contribution in [3.63, 3.8) is 0 Å². The van der Waals surface area contributed by atoms with Crippen LogP contribution in [0.3, 0.4) is 0 Å². The molecule has 27 heavy (non-hydrogen) atoms. The van der Waals surface area contributed by atoms with Gasteiger partial charge in [0, 0.05) is 6.04 Å². The topological polar surface area (TPSA) is 130 Å². The summed E-state index contributed by atoms with van der Waals surface area (Å²) in [7, 11) is 0. The van der Waals surface area contributed by atoms with Gasteiger partial charge in [0.1, 0.15) is 0 Å². The molecule has 0 aromatic heterocycles. The summed E-state index contributed by atoms with van der Waals surface area (Å²) in [5.41, 5.74) is 5.21. The van der Waals surface area contributed by atoms with Crippen molar-refractivity contribution in [2.75, 3.05) is 0 Å². The normalized spacial score (nSPS) is 23.3. The van der Waals surface area contributed by atoms with Crippen LogP contribution in [0.15, 0.2) is 36.4 Å². The Morgan fingerprint density at radius 2 is 1.67 bits per heavy atom. The van der Waals surface area contributed by atoms with E-state index in [2.05, 4.69) is 5.32 Å². The van der Waals surface area contributed by atoms with E-state index in [1.165, 1.54) is 0 Å². The largest absolute Gasteiger partial charge is 0.483 e. The van der Waals surface area contributed by atoms with Crippen molar-refractivity contribution in [1.29, 1.82) is 0 Å². The summed E-state index contributed by atoms with van der Waals surface area (Å²) in [5.74, 6) is -1.13. The molecule has 0 radical (unpaired) electrons. The van der Waals surface area contributed by atoms with Gasteiger partial charge in [-0.1, -0.05) is 49.7 Å². The highest BCUT2D eigenvalue weighted by atomic mass is 16.4. The number of carbonyl (C=O) groups excluding carboxylic acids is 1. The van der Waals surface area contributed by atoms with Crippen LogP contribution in [0.1, 0.15) is 46.5 Å². The molecular weight excluding hydrogens is 348 g/mol. The number of nitrogens with two attached hydrogens (primary N) is 1. The van der Waals surface area contributed by atoms with E-state index in [9.17, 15) is 9.59 Å². The molecule has 0 saturated heterocycles. The summed E-state index contributed by atoms with van der Waals surface area (Å²) in [6, 6.07) is 12.0. The van der Waals surface area contributed by atoms with E-state index in [4.69, 9.17) is 20.7 Å². The molecule has 3 atom stereocenters. The van der Waals surface area contributed by atoms with Crippen molar-refractivity contribution >= 4 is 18.3 Å². The lowest BCUT2D eigenvalue weighted by Gasteiger charge is -2.32. The number of aliphatic carboxylic acids is 1. The molecule has 152 valence electrons. The highest BCUT2D eigenvalue weighted by Crippen LogP contribution is 2.42. The zero-order valence-electron chi connectivity index (χ0n) is 16.3. The number of carboxylic acid groups (broad SMARTS) is 2. The van der Waals surface area contributed by atoms with Crippen molar-refractivity contribution in [3.8, 4) is 0 Å². The Bertz CT molecular complexity index is 538. The monoisotopic (exact) mass is 380 g/mol. The first-order valence-corrected chi connectivity index (χ1v) is 9.12. The van der Waals surface area contributed by atoms with Crippen LogP contribution >= 0.6 is 0 Å². The number of rotatable bonds is 5. The Balaban J connectivity index is 0.000000616. The number of amides is 1. The molecule has 7 nitrogen and oxygen atoms in total. The lowest BCUT2D eigenvalue weighted by molar-refractivity contribution is -0.140. The Morgan fingerprint density at radius 1 is 1.22 bits per heavy atom. The maximum atomic E-state index is 12.2. The zero-order valence-corrected chi connectivity index (χ0v) is 16.3. The fourth-order valence-electron chi connectivity index (χ4n) is 3.32. The molecule has 1 aliphatic carbocycles. The van der Waals surface area contributed by atoms with Gasteiger partial charge in [-0.3, -0.25) is 14.4 Å². The molecule has 1 saturated carbocycles. The number of carbonyl (C=O) groups is 3. The molecule has 1 fully saturated rings. The molecule has 7 heteroatoms. The maximum absolute atomic E-state index is 12.2. The maximum Gasteiger partial charge on any atom is 0.303 e. The van der Waals surface area contributed by atoms with Gasteiger partial charge in [0.25, 0.3) is 6.47 Å². The first-order valence-electron chi connectivity index (χ1n) is 9.12. The van der Waals surface area contributed by atoms with Crippen LogP contribution in [0.2, 0.25) is 0 Å². The fourth-order valence-corrected chi connectivity index (χ4v) is 3.32. The molecule has 1 aliphatic rings. The van der Waals surface area contributed by atoms with Gasteiger partial charge in [0.2, 0.25) is 5.91 Å². The SMILES string of the molecule is CCC1CCC(N)(C(=O)NC(C)C)C1CC(=O)O.O=CO.c1ccccc1. The van der Waals surface area contributed by atoms with E-state index in [1.807, 2.05) is 57.2 Å². The zero-order chi connectivity index (χ0) is 20.9. The summed E-state index contributed by atoms with van der Waals surface area (Å²) < 4.78 is 0. The summed E-state index contributed by atoms with van der Waals surface area (Å²) in [6.45, 7) is 5.52. The lowest BCUT2D eigenvalue weighted by Crippen LogP contribution is -2.58. The van der Waals surface area contributed by atoms with Gasteiger partial charge in [0.05, 0.1) is 12.0 Å². The highest BCUT2D eigenvalue weighted by molar-refractivity contribution is 5.87. The number of hydrogen-bond donors (Lipinski definition) is 4. The van der Waals surface area contributed by atoms with Crippen LogP contribution in [0.5, 0.6) is 0 Å². The van der Waals surface area contributed by atoms with Gasteiger partial charge in [-0.25, -0.2) is 0 Å². The van der Waals surface area contributed by atoms with Crippen molar-refractivity contribution in [3.05, 3.63) is 36.4 Å². The van der Waals surface area contributed by atoms with E-state index in [0.29, 0.717) is 6.42 Å². The van der Waals surface area contributed by atoms with Crippen LogP contribution in [0.4, 0.5) is 0 Å². The van der Waals surface area contributed by atoms with E-state index in [-0.39, 0.29) is 36.7 Å². The summed E-state index contributed by atoms with van der Waals surface area (Å²) in [4.78, 5) is 31.5. The van der Waals surface area contributed by atoms with Crippen LogP contribution in [-0.2, 0) is 14.4 Å². The second kappa shape index (κ2) is 12.9. The first kappa shape index (κ1) is 24.6. The van der Waals surface area contributed by atoms with Crippen LogP contribution in [0, 0.1) is 11.8 Å². The molecule has 1 aromatic rings. The fraction of sp³-hybridized carbons (Fsp3) is 0.550. The minimum atomic E-state index is -1.02. The first-order chi connectivity index (χ1) is 12.7. The second-order valence-corrected chi connectivity index (χ2v) is 6.84. The van der Waals surface area contributed by atoms with Crippen molar-refractivity contribution in [2.45, 2.75) is 58.0 Å². The van der Waals surface area contributed by atoms with Gasteiger partial charge in [-0.15, -0.1) is 0 Å². The number of hydrogen-bond acceptors (Lipinski definition) is 4. The molecule has 5 N–H and O–H groups in total. The van der Waals surface area contributed by atoms with E-state index < -0.39 is 11.5 Å². The Labute approximate surface area is 161 Å². The Kier molecular flexibility index (Phi) is 11.7. The minimum Gasteiger partial charge on any atom is -0.483 e. The minimum absolute atomic E-state index is 0.0177. The van der Waals surface area contributed by atoms with E-state index in [0.717, 1.165) is 12.8 Å². The van der Waals surface area contributed by atoms with Crippen molar-refractivity contribution in [2.24, 2.45) is 17.6 Å². The molecule has 0 aliphatic heterocycles. The molecule has 1 amide bonds. The molecule has 0 spiro atoms. The number of nitrogens with one attached hydrogen (secondary N) is 1. The third-order valence-electron chi connectivity index (χ3n) is 4.59. The van der Waals surface area contributed by atoms with E-state index >= 15 is 0 Å². The second-order valence-electron chi connectivity index (χ2n) is 6.84. The van der Waals surface area contributed by atoms with Gasteiger partial charge >= 0.3 is 5.97 Å². The molecule has 2 rings (SSSR count). The quantitative estimate of drug-likeness (QED) is 0.581. The van der Waals surface area contributed by atoms with Gasteiger partial charge in [0.15, 0.2) is 0 Å². The predicted octanol–water partition coefficient (Wildman–Crippen LogP) is 2.51. The van der Waals surface area contributed by atoms with Crippen LogP contribution in [0.25, 0.3) is 0 Å². The molecule has 3 unspecified atom stereocenters. The van der Waals surface area contributed by atoms with Crippen LogP contribution < -0.4 is 11.1 Å². The van der Waals surface area contributed by atoms with Gasteiger partial charge in [-0.05, 0) is 38.5 Å². The highest BCUT2D eigenvalue weighted by Gasteiger charge is 2.50. The third-order valence-corrected chi connectivity index (χ3v) is 4.59. The number of benzene rings is 1. The Morgan fingerprint density at radius 3 is 2.00 bits per heavy atom. The third kappa shape index (κ3) is 8.68. The van der Waals surface area contributed by atoms with E-state index in [1.54, 1.807) is 0 Å². The summed E-state index contributed by atoms with van der Waals surface area (Å²) in [6.07, 6.45) is 2.24. The van der Waals surface area contributed by atoms with Gasteiger partial charge in [-0.2, -0.15) is 0 Å². The smallest absolute Gasteiger partial charge is 0.303 e. The average molecular weight is 380 g/mol. The Hall–Kier alpha value is -2.41. The van der Waals surface area contributed by atoms with Crippen molar-refractivity contribution < 1.29 is 24.6 Å². The average Bonchev–Trinajstić information content (AvgIpc) is 2.94. The molecule has 0 bridgehead atoms. The van der Waals surface area contributed by atoms with Crippen LogP contribution in [-0.4, -0.2) is 40.1 Å². The summed E-state index contributed by atoms with van der Waals surface area (Å²) in [5, 5.41) is 18.7.